The molecule has 0 spiro atoms. The summed E-state index contributed by atoms with van der Waals surface area (Å²) in [7, 11) is 0. The Morgan fingerprint density at radius 2 is 1.44 bits per heavy atom. The molecule has 2 heteroatoms. The molecule has 140 valence electrons. The van der Waals surface area contributed by atoms with E-state index >= 15 is 0 Å². The van der Waals surface area contributed by atoms with Crippen molar-refractivity contribution < 1.29 is 9.47 Å². The summed E-state index contributed by atoms with van der Waals surface area (Å²) in [5, 5.41) is 0. The maximum atomic E-state index is 5.89. The van der Waals surface area contributed by atoms with Crippen LogP contribution in [-0.4, -0.2) is 13.2 Å². The first-order valence-corrected chi connectivity index (χ1v) is 10.6. The predicted octanol–water partition coefficient (Wildman–Crippen LogP) is 6.61. The van der Waals surface area contributed by atoms with Crippen molar-refractivity contribution in [2.45, 2.75) is 83.8 Å². The van der Waals surface area contributed by atoms with Crippen molar-refractivity contribution >= 4 is 0 Å². The molecule has 0 radical (unpaired) electrons. The topological polar surface area (TPSA) is 18.5 Å². The van der Waals surface area contributed by atoms with Crippen molar-refractivity contribution in [3.63, 3.8) is 0 Å². The average Bonchev–Trinajstić information content (AvgIpc) is 2.69. The van der Waals surface area contributed by atoms with Crippen LogP contribution in [0.4, 0.5) is 0 Å². The minimum Gasteiger partial charge on any atom is -0.348 e. The molecule has 25 heavy (non-hydrogen) atoms. The second-order valence-corrected chi connectivity index (χ2v) is 8.15. The Morgan fingerprint density at radius 1 is 0.800 bits per heavy atom. The lowest BCUT2D eigenvalue weighted by Gasteiger charge is -2.30. The summed E-state index contributed by atoms with van der Waals surface area (Å²) >= 11 is 0. The Morgan fingerprint density at radius 3 is 2.04 bits per heavy atom. The van der Waals surface area contributed by atoms with Crippen LogP contribution in [0.1, 0.15) is 95.0 Å². The number of unbranched alkanes of at least 4 members (excludes halogenated alkanes) is 2. The molecule has 1 saturated heterocycles. The van der Waals surface area contributed by atoms with E-state index in [1.54, 1.807) is 0 Å². The highest BCUT2D eigenvalue weighted by molar-refractivity contribution is 5.26. The highest BCUT2D eigenvalue weighted by atomic mass is 16.7. The second kappa shape index (κ2) is 9.73. The molecule has 2 nitrogen and oxygen atoms in total. The molecule has 0 bridgehead atoms. The average molecular weight is 345 g/mol. The Hall–Kier alpha value is -0.860. The van der Waals surface area contributed by atoms with Crippen LogP contribution in [0.15, 0.2) is 24.3 Å². The normalized spacial score (nSPS) is 30.3. The molecule has 0 unspecified atom stereocenters. The van der Waals surface area contributed by atoms with Gasteiger partial charge < -0.3 is 9.47 Å². The van der Waals surface area contributed by atoms with Crippen LogP contribution in [0.3, 0.4) is 0 Å². The van der Waals surface area contributed by atoms with Gasteiger partial charge in [-0.2, -0.15) is 0 Å². The molecule has 1 aromatic carbocycles. The molecule has 0 N–H and O–H groups in total. The van der Waals surface area contributed by atoms with E-state index in [9.17, 15) is 0 Å². The van der Waals surface area contributed by atoms with Gasteiger partial charge in [0.05, 0.1) is 13.2 Å². The maximum Gasteiger partial charge on any atom is 0.183 e. The molecule has 1 aliphatic carbocycles. The van der Waals surface area contributed by atoms with Crippen molar-refractivity contribution in [1.82, 2.24) is 0 Å². The van der Waals surface area contributed by atoms with Gasteiger partial charge in [-0.05, 0) is 49.5 Å². The lowest BCUT2D eigenvalue weighted by molar-refractivity contribution is -0.205. The first kappa shape index (κ1) is 18.9. The van der Waals surface area contributed by atoms with E-state index < -0.39 is 0 Å². The zero-order chi connectivity index (χ0) is 17.5. The van der Waals surface area contributed by atoms with Crippen molar-refractivity contribution in [1.29, 1.82) is 0 Å². The molecular weight excluding hydrogens is 308 g/mol. The van der Waals surface area contributed by atoms with Crippen LogP contribution in [0, 0.1) is 11.8 Å². The summed E-state index contributed by atoms with van der Waals surface area (Å²) in [6, 6.07) is 9.07. The van der Waals surface area contributed by atoms with E-state index in [2.05, 4.69) is 38.1 Å². The van der Waals surface area contributed by atoms with Crippen LogP contribution in [0.2, 0.25) is 0 Å². The highest BCUT2D eigenvalue weighted by Crippen LogP contribution is 2.38. The lowest BCUT2D eigenvalue weighted by Crippen LogP contribution is -2.26. The standard InChI is InChI=1S/C23H36O2/c1-3-5-6-7-19-8-10-20(11-9-19)21-12-14-22(15-13-21)23-24-16-18(4-2)17-25-23/h12-15,18-20,23H,3-11,16-17H2,1-2H3/t18-,19?,20?,23-. The van der Waals surface area contributed by atoms with Crippen LogP contribution >= 0.6 is 0 Å². The monoisotopic (exact) mass is 344 g/mol. The Bertz CT molecular complexity index is 479. The third-order valence-electron chi connectivity index (χ3n) is 6.29. The van der Waals surface area contributed by atoms with E-state index in [0.29, 0.717) is 5.92 Å². The molecule has 1 aromatic rings. The lowest BCUT2D eigenvalue weighted by atomic mass is 9.77. The maximum absolute atomic E-state index is 5.89. The Balaban J connectivity index is 1.47. The quantitative estimate of drug-likeness (QED) is 0.518. The molecule has 1 aliphatic heterocycles. The zero-order valence-corrected chi connectivity index (χ0v) is 16.2. The fourth-order valence-electron chi connectivity index (χ4n) is 4.36. The molecular formula is C23H36O2. The van der Waals surface area contributed by atoms with Gasteiger partial charge >= 0.3 is 0 Å². The van der Waals surface area contributed by atoms with Gasteiger partial charge in [0.1, 0.15) is 0 Å². The smallest absolute Gasteiger partial charge is 0.183 e. The van der Waals surface area contributed by atoms with E-state index in [1.807, 2.05) is 0 Å². The molecule has 1 saturated carbocycles. The summed E-state index contributed by atoms with van der Waals surface area (Å²) in [5.74, 6) is 2.30. The van der Waals surface area contributed by atoms with Crippen LogP contribution < -0.4 is 0 Å². The van der Waals surface area contributed by atoms with Gasteiger partial charge in [-0.25, -0.2) is 0 Å². The second-order valence-electron chi connectivity index (χ2n) is 8.15. The molecule has 2 aliphatic rings. The van der Waals surface area contributed by atoms with Crippen molar-refractivity contribution in [3.8, 4) is 0 Å². The largest absolute Gasteiger partial charge is 0.348 e. The molecule has 0 atom stereocenters. The van der Waals surface area contributed by atoms with Gasteiger partial charge in [0, 0.05) is 11.5 Å². The van der Waals surface area contributed by atoms with E-state index in [0.717, 1.165) is 31.5 Å². The SMILES string of the molecule is CCCCCC1CCC(c2ccc([C@H]3OC[C@H](CC)CO3)cc2)CC1. The first-order valence-electron chi connectivity index (χ1n) is 10.6. The molecule has 2 fully saturated rings. The van der Waals surface area contributed by atoms with Gasteiger partial charge in [0.2, 0.25) is 0 Å². The number of ether oxygens (including phenoxy) is 2. The Labute approximate surface area is 154 Å². The van der Waals surface area contributed by atoms with Gasteiger partial charge in [-0.3, -0.25) is 0 Å². The van der Waals surface area contributed by atoms with Crippen molar-refractivity contribution in [2.24, 2.45) is 11.8 Å². The summed E-state index contributed by atoms with van der Waals surface area (Å²) in [5.41, 5.74) is 2.68. The van der Waals surface area contributed by atoms with Gasteiger partial charge in [0.25, 0.3) is 0 Å². The number of benzene rings is 1. The molecule has 0 amide bonds. The number of rotatable bonds is 7. The fourth-order valence-corrected chi connectivity index (χ4v) is 4.36. The third kappa shape index (κ3) is 5.31. The number of hydrogen-bond acceptors (Lipinski definition) is 2. The Kier molecular flexibility index (Phi) is 7.36. The minimum absolute atomic E-state index is 0.161. The van der Waals surface area contributed by atoms with Crippen LogP contribution in [0.25, 0.3) is 0 Å². The van der Waals surface area contributed by atoms with Crippen LogP contribution in [0.5, 0.6) is 0 Å². The third-order valence-corrected chi connectivity index (χ3v) is 6.29. The zero-order valence-electron chi connectivity index (χ0n) is 16.2. The number of hydrogen-bond donors (Lipinski definition) is 0. The summed E-state index contributed by atoms with van der Waals surface area (Å²) in [6.07, 6.45) is 12.2. The van der Waals surface area contributed by atoms with Gasteiger partial charge in [0.15, 0.2) is 6.29 Å². The van der Waals surface area contributed by atoms with E-state index in [1.165, 1.54) is 62.5 Å². The molecule has 0 aromatic heterocycles. The summed E-state index contributed by atoms with van der Waals surface area (Å²) in [6.45, 7) is 6.15. The first-order chi connectivity index (χ1) is 12.3. The van der Waals surface area contributed by atoms with Gasteiger partial charge in [-0.1, -0.05) is 63.8 Å². The molecule has 3 rings (SSSR count). The van der Waals surface area contributed by atoms with Crippen LogP contribution in [-0.2, 0) is 9.47 Å². The minimum atomic E-state index is -0.161. The molecule has 1 heterocycles. The van der Waals surface area contributed by atoms with Gasteiger partial charge in [-0.15, -0.1) is 0 Å². The van der Waals surface area contributed by atoms with E-state index in [4.69, 9.17) is 9.47 Å². The van der Waals surface area contributed by atoms with Crippen molar-refractivity contribution in [2.75, 3.05) is 13.2 Å². The highest BCUT2D eigenvalue weighted by Gasteiger charge is 2.24. The van der Waals surface area contributed by atoms with E-state index in [-0.39, 0.29) is 6.29 Å². The fraction of sp³-hybridized carbons (Fsp3) is 0.739. The van der Waals surface area contributed by atoms with Crippen molar-refractivity contribution in [3.05, 3.63) is 35.4 Å². The summed E-state index contributed by atoms with van der Waals surface area (Å²) < 4.78 is 11.8. The predicted molar refractivity (Wildman–Crippen MR) is 104 cm³/mol. The summed E-state index contributed by atoms with van der Waals surface area (Å²) in [4.78, 5) is 0.